The van der Waals surface area contributed by atoms with Gasteiger partial charge in [-0.2, -0.15) is 4.31 Å². The molecule has 2 atom stereocenters. The zero-order valence-electron chi connectivity index (χ0n) is 12.9. The minimum atomic E-state index is -3.55. The third kappa shape index (κ3) is 2.70. The third-order valence-corrected chi connectivity index (χ3v) is 6.72. The Labute approximate surface area is 136 Å². The van der Waals surface area contributed by atoms with E-state index in [0.717, 1.165) is 25.7 Å². The molecular weight excluding hydrogens is 318 g/mol. The van der Waals surface area contributed by atoms with Crippen molar-refractivity contribution in [2.45, 2.75) is 42.7 Å². The zero-order valence-corrected chi connectivity index (χ0v) is 13.8. The van der Waals surface area contributed by atoms with Gasteiger partial charge in [-0.05, 0) is 25.0 Å². The molecule has 1 aliphatic carbocycles. The molecule has 126 valence electrons. The lowest BCUT2D eigenvalue weighted by molar-refractivity contribution is -0.0586. The van der Waals surface area contributed by atoms with Crippen molar-refractivity contribution in [2.75, 3.05) is 26.4 Å². The number of hydrogen-bond acceptors (Lipinski definition) is 5. The Morgan fingerprint density at radius 3 is 2.65 bits per heavy atom. The van der Waals surface area contributed by atoms with Crippen LogP contribution in [0.5, 0.6) is 11.5 Å². The van der Waals surface area contributed by atoms with Crippen LogP contribution < -0.4 is 9.47 Å². The topological polar surface area (TPSA) is 65.1 Å². The van der Waals surface area contributed by atoms with Crippen molar-refractivity contribution < 1.29 is 22.6 Å². The summed E-state index contributed by atoms with van der Waals surface area (Å²) in [7, 11) is -3.55. The van der Waals surface area contributed by atoms with Gasteiger partial charge in [0.2, 0.25) is 10.0 Å². The number of ether oxygens (including phenoxy) is 3. The number of rotatable bonds is 2. The second kappa shape index (κ2) is 5.96. The molecule has 1 aromatic rings. The van der Waals surface area contributed by atoms with E-state index in [4.69, 9.17) is 14.2 Å². The van der Waals surface area contributed by atoms with E-state index < -0.39 is 10.0 Å². The van der Waals surface area contributed by atoms with Crippen LogP contribution in [0.15, 0.2) is 23.1 Å². The molecule has 0 unspecified atom stereocenters. The van der Waals surface area contributed by atoms with Gasteiger partial charge in [0.25, 0.3) is 0 Å². The number of hydrogen-bond donors (Lipinski definition) is 0. The molecule has 0 aromatic heterocycles. The van der Waals surface area contributed by atoms with Crippen LogP contribution in [-0.4, -0.2) is 51.2 Å². The Kier molecular flexibility index (Phi) is 3.95. The highest BCUT2D eigenvalue weighted by Crippen LogP contribution is 2.36. The van der Waals surface area contributed by atoms with Crippen LogP contribution in [0.2, 0.25) is 0 Å². The van der Waals surface area contributed by atoms with Gasteiger partial charge in [-0.1, -0.05) is 12.8 Å². The average molecular weight is 339 g/mol. The fraction of sp³-hybridized carbons (Fsp3) is 0.625. The van der Waals surface area contributed by atoms with E-state index in [-0.39, 0.29) is 17.0 Å². The normalized spacial score (nSPS) is 28.2. The van der Waals surface area contributed by atoms with E-state index in [9.17, 15) is 8.42 Å². The van der Waals surface area contributed by atoms with Gasteiger partial charge in [0.1, 0.15) is 13.2 Å². The molecule has 6 nitrogen and oxygen atoms in total. The van der Waals surface area contributed by atoms with Crippen molar-refractivity contribution in [2.24, 2.45) is 0 Å². The maximum absolute atomic E-state index is 13.1. The molecule has 0 spiro atoms. The minimum absolute atomic E-state index is 0.0319. The van der Waals surface area contributed by atoms with Crippen LogP contribution in [0.3, 0.4) is 0 Å². The molecule has 0 amide bonds. The van der Waals surface area contributed by atoms with Gasteiger partial charge in [-0.3, -0.25) is 0 Å². The smallest absolute Gasteiger partial charge is 0.243 e. The summed E-state index contributed by atoms with van der Waals surface area (Å²) >= 11 is 0. The van der Waals surface area contributed by atoms with Crippen molar-refractivity contribution >= 4 is 10.0 Å². The van der Waals surface area contributed by atoms with Gasteiger partial charge in [0.15, 0.2) is 11.5 Å². The molecule has 3 aliphatic rings. The largest absolute Gasteiger partial charge is 0.486 e. The summed E-state index contributed by atoms with van der Waals surface area (Å²) in [5, 5.41) is 0. The number of fused-ring (bicyclic) bond motifs is 2. The Morgan fingerprint density at radius 1 is 1.00 bits per heavy atom. The first-order chi connectivity index (χ1) is 11.2. The van der Waals surface area contributed by atoms with E-state index in [1.807, 2.05) is 0 Å². The first kappa shape index (κ1) is 15.2. The minimum Gasteiger partial charge on any atom is -0.486 e. The predicted octanol–water partition coefficient (Wildman–Crippen LogP) is 1.79. The van der Waals surface area contributed by atoms with Crippen LogP contribution >= 0.6 is 0 Å². The predicted molar refractivity (Wildman–Crippen MR) is 83.3 cm³/mol. The maximum Gasteiger partial charge on any atom is 0.243 e. The molecular formula is C16H21NO5S. The molecule has 1 saturated carbocycles. The lowest BCUT2D eigenvalue weighted by atomic mass is 9.91. The highest BCUT2D eigenvalue weighted by atomic mass is 32.2. The molecule has 0 radical (unpaired) electrons. The first-order valence-electron chi connectivity index (χ1n) is 8.19. The van der Waals surface area contributed by atoms with Gasteiger partial charge in [-0.25, -0.2) is 8.42 Å². The number of sulfonamides is 1. The lowest BCUT2D eigenvalue weighted by Crippen LogP contribution is -2.54. The Morgan fingerprint density at radius 2 is 1.78 bits per heavy atom. The van der Waals surface area contributed by atoms with E-state index in [1.54, 1.807) is 22.5 Å². The van der Waals surface area contributed by atoms with Crippen LogP contribution in [-0.2, 0) is 14.8 Å². The Hall–Kier alpha value is -1.31. The van der Waals surface area contributed by atoms with Crippen LogP contribution in [0.25, 0.3) is 0 Å². The summed E-state index contributed by atoms with van der Waals surface area (Å²) in [5.41, 5.74) is 0. The molecule has 1 aromatic carbocycles. The number of benzene rings is 1. The molecule has 1 saturated heterocycles. The highest BCUT2D eigenvalue weighted by Gasteiger charge is 2.41. The fourth-order valence-electron chi connectivity index (χ4n) is 3.68. The number of nitrogens with zero attached hydrogens (tertiary/aromatic N) is 1. The average Bonchev–Trinajstić information content (AvgIpc) is 2.60. The molecule has 23 heavy (non-hydrogen) atoms. The first-order valence-corrected chi connectivity index (χ1v) is 9.63. The summed E-state index contributed by atoms with van der Waals surface area (Å²) in [4.78, 5) is 0.271. The van der Waals surface area contributed by atoms with Gasteiger partial charge in [0, 0.05) is 12.6 Å². The second-order valence-corrected chi connectivity index (χ2v) is 8.07. The van der Waals surface area contributed by atoms with E-state index in [2.05, 4.69) is 0 Å². The monoisotopic (exact) mass is 339 g/mol. The lowest BCUT2D eigenvalue weighted by Gasteiger charge is -2.42. The standard InChI is InChI=1S/C16H21NO5S/c18-23(19,12-5-6-15-16(11-12)22-10-9-21-15)17-7-8-20-14-4-2-1-3-13(14)17/h5-6,11,13-14H,1-4,7-10H2/t13-,14+/m0/s1. The highest BCUT2D eigenvalue weighted by molar-refractivity contribution is 7.89. The summed E-state index contributed by atoms with van der Waals surface area (Å²) < 4.78 is 44.6. The van der Waals surface area contributed by atoms with Gasteiger partial charge in [-0.15, -0.1) is 0 Å². The summed E-state index contributed by atoms with van der Waals surface area (Å²) in [6.07, 6.45) is 4.01. The summed E-state index contributed by atoms with van der Waals surface area (Å²) in [6, 6.07) is 4.82. The SMILES string of the molecule is O=S(=O)(c1ccc2c(c1)OCCO2)N1CCO[C@@H]2CCCC[C@@H]21. The van der Waals surface area contributed by atoms with E-state index in [1.165, 1.54) is 0 Å². The quantitative estimate of drug-likeness (QED) is 0.822. The van der Waals surface area contributed by atoms with Crippen molar-refractivity contribution in [3.05, 3.63) is 18.2 Å². The summed E-state index contributed by atoms with van der Waals surface area (Å²) in [6.45, 7) is 1.81. The second-order valence-electron chi connectivity index (χ2n) is 6.18. The zero-order chi connectivity index (χ0) is 15.9. The van der Waals surface area contributed by atoms with E-state index in [0.29, 0.717) is 37.9 Å². The van der Waals surface area contributed by atoms with E-state index >= 15 is 0 Å². The number of morpholine rings is 1. The molecule has 2 heterocycles. The van der Waals surface area contributed by atoms with Gasteiger partial charge >= 0.3 is 0 Å². The van der Waals surface area contributed by atoms with Crippen LogP contribution in [0, 0.1) is 0 Å². The van der Waals surface area contributed by atoms with Crippen molar-refractivity contribution in [3.63, 3.8) is 0 Å². The molecule has 0 N–H and O–H groups in total. The fourth-order valence-corrected chi connectivity index (χ4v) is 5.36. The molecule has 4 rings (SSSR count). The van der Waals surface area contributed by atoms with Gasteiger partial charge in [0.05, 0.1) is 23.6 Å². The van der Waals surface area contributed by atoms with Crippen molar-refractivity contribution in [1.29, 1.82) is 0 Å². The van der Waals surface area contributed by atoms with Crippen LogP contribution in [0.4, 0.5) is 0 Å². The molecule has 7 heteroatoms. The molecule has 2 fully saturated rings. The third-order valence-electron chi connectivity index (χ3n) is 4.80. The van der Waals surface area contributed by atoms with Crippen LogP contribution in [0.1, 0.15) is 25.7 Å². The Balaban J connectivity index is 1.66. The maximum atomic E-state index is 13.1. The van der Waals surface area contributed by atoms with Crippen molar-refractivity contribution in [3.8, 4) is 11.5 Å². The Bertz CT molecular complexity index is 688. The summed E-state index contributed by atoms with van der Waals surface area (Å²) in [5.74, 6) is 1.11. The molecule has 0 bridgehead atoms. The van der Waals surface area contributed by atoms with Crippen molar-refractivity contribution in [1.82, 2.24) is 4.31 Å². The van der Waals surface area contributed by atoms with Gasteiger partial charge < -0.3 is 14.2 Å². The molecule has 2 aliphatic heterocycles.